The number of nitriles is 1. The van der Waals surface area contributed by atoms with Crippen LogP contribution in [0.5, 0.6) is 0 Å². The summed E-state index contributed by atoms with van der Waals surface area (Å²) in [6, 6.07) is 5.07. The molecular weight excluding hydrogens is 321 g/mol. The fraction of sp³-hybridized carbons (Fsp3) is 0.500. The van der Waals surface area contributed by atoms with Gasteiger partial charge < -0.3 is 10.6 Å². The highest BCUT2D eigenvalue weighted by Crippen LogP contribution is 2.31. The second-order valence-electron chi connectivity index (χ2n) is 5.86. The first-order chi connectivity index (χ1) is 10.1. The molecule has 120 valence electrons. The normalized spacial score (nSPS) is 14.9. The summed E-state index contributed by atoms with van der Waals surface area (Å²) in [6.07, 6.45) is 0. The minimum absolute atomic E-state index is 0.00462. The average Bonchev–Trinajstić information content (AvgIpc) is 2.47. The summed E-state index contributed by atoms with van der Waals surface area (Å²) < 4.78 is 0. The van der Waals surface area contributed by atoms with Gasteiger partial charge in [-0.25, -0.2) is 0 Å². The van der Waals surface area contributed by atoms with E-state index in [9.17, 15) is 10.1 Å². The lowest BCUT2D eigenvalue weighted by Gasteiger charge is -2.29. The average molecular weight is 342 g/mol. The van der Waals surface area contributed by atoms with Crippen molar-refractivity contribution >= 4 is 34.8 Å². The van der Waals surface area contributed by atoms with Crippen LogP contribution in [-0.2, 0) is 4.79 Å². The zero-order chi connectivity index (χ0) is 17.1. The number of halogens is 2. The van der Waals surface area contributed by atoms with Crippen molar-refractivity contribution < 1.29 is 4.79 Å². The quantitative estimate of drug-likeness (QED) is 0.845. The molecule has 1 aromatic carbocycles. The minimum Gasteiger partial charge on any atom is -0.373 e. The summed E-state index contributed by atoms with van der Waals surface area (Å²) in [5.74, 6) is -0.267. The van der Waals surface area contributed by atoms with E-state index < -0.39 is 11.6 Å². The predicted octanol–water partition coefficient (Wildman–Crippen LogP) is 4.16. The van der Waals surface area contributed by atoms with Crippen LogP contribution >= 0.6 is 23.2 Å². The lowest BCUT2D eigenvalue weighted by atomic mass is 9.90. The van der Waals surface area contributed by atoms with Gasteiger partial charge in [-0.3, -0.25) is 4.79 Å². The Morgan fingerprint density at radius 3 is 2.41 bits per heavy atom. The first-order valence-electron chi connectivity index (χ1n) is 7.06. The molecule has 2 atom stereocenters. The van der Waals surface area contributed by atoms with Crippen molar-refractivity contribution in [2.45, 2.75) is 46.2 Å². The van der Waals surface area contributed by atoms with Crippen molar-refractivity contribution in [3.8, 4) is 6.07 Å². The molecule has 0 bridgehead atoms. The number of carbonyl (C=O) groups excluding carboxylic acids is 1. The lowest BCUT2D eigenvalue weighted by Crippen LogP contribution is -2.52. The van der Waals surface area contributed by atoms with E-state index in [1.165, 1.54) is 0 Å². The first-order valence-corrected chi connectivity index (χ1v) is 7.82. The number of hydrogen-bond acceptors (Lipinski definition) is 3. The predicted molar refractivity (Wildman–Crippen MR) is 91.3 cm³/mol. The molecule has 0 aliphatic rings. The van der Waals surface area contributed by atoms with Gasteiger partial charge in [0.2, 0.25) is 5.91 Å². The molecule has 0 aliphatic heterocycles. The van der Waals surface area contributed by atoms with Crippen LogP contribution in [0.3, 0.4) is 0 Å². The van der Waals surface area contributed by atoms with Gasteiger partial charge in [0.1, 0.15) is 11.6 Å². The molecule has 0 saturated carbocycles. The monoisotopic (exact) mass is 341 g/mol. The number of nitrogens with one attached hydrogen (secondary N) is 2. The third kappa shape index (κ3) is 4.06. The Morgan fingerprint density at radius 1 is 1.32 bits per heavy atom. The molecule has 22 heavy (non-hydrogen) atoms. The Hall–Kier alpha value is -1.44. The van der Waals surface area contributed by atoms with Crippen LogP contribution in [0.4, 0.5) is 5.69 Å². The standard InChI is InChI=1S/C16H21Cl2N3O/c1-9(2)16(5,8-19)21-15(22)11(4)20-13-7-6-12(17)10(3)14(13)18/h6-7,9,11,20H,1-5H3,(H,21,22). The molecule has 0 fully saturated rings. The second kappa shape index (κ2) is 7.21. The van der Waals surface area contributed by atoms with Crippen molar-refractivity contribution in [2.24, 2.45) is 5.92 Å². The molecule has 1 rings (SSSR count). The number of amides is 1. The molecule has 6 heteroatoms. The summed E-state index contributed by atoms with van der Waals surface area (Å²) in [4.78, 5) is 12.3. The van der Waals surface area contributed by atoms with Crippen molar-refractivity contribution in [1.29, 1.82) is 5.26 Å². The smallest absolute Gasteiger partial charge is 0.243 e. The molecule has 4 nitrogen and oxygen atoms in total. The molecule has 0 spiro atoms. The molecule has 2 N–H and O–H groups in total. The van der Waals surface area contributed by atoms with Crippen LogP contribution in [0.2, 0.25) is 10.0 Å². The van der Waals surface area contributed by atoms with E-state index in [2.05, 4.69) is 16.7 Å². The number of anilines is 1. The maximum absolute atomic E-state index is 12.3. The van der Waals surface area contributed by atoms with E-state index in [1.807, 2.05) is 20.8 Å². The van der Waals surface area contributed by atoms with Crippen LogP contribution in [0.25, 0.3) is 0 Å². The maximum Gasteiger partial charge on any atom is 0.243 e. The molecular formula is C16H21Cl2N3O. The van der Waals surface area contributed by atoms with Gasteiger partial charge in [-0.05, 0) is 44.4 Å². The van der Waals surface area contributed by atoms with Gasteiger partial charge in [-0.15, -0.1) is 0 Å². The van der Waals surface area contributed by atoms with Gasteiger partial charge in [0.15, 0.2) is 0 Å². The third-order valence-electron chi connectivity index (χ3n) is 3.86. The van der Waals surface area contributed by atoms with E-state index in [0.29, 0.717) is 15.7 Å². The third-order valence-corrected chi connectivity index (χ3v) is 4.75. The van der Waals surface area contributed by atoms with Crippen molar-refractivity contribution in [1.82, 2.24) is 5.32 Å². The molecule has 0 heterocycles. The summed E-state index contributed by atoms with van der Waals surface area (Å²) in [6.45, 7) is 9.02. The Morgan fingerprint density at radius 2 is 1.91 bits per heavy atom. The van der Waals surface area contributed by atoms with Crippen LogP contribution in [0, 0.1) is 24.2 Å². The van der Waals surface area contributed by atoms with Gasteiger partial charge in [0, 0.05) is 5.02 Å². The Kier molecular flexibility index (Phi) is 6.10. The summed E-state index contributed by atoms with van der Waals surface area (Å²) in [5, 5.41) is 16.2. The minimum atomic E-state index is -0.910. The Labute approximate surface area is 141 Å². The van der Waals surface area contributed by atoms with Crippen LogP contribution in [-0.4, -0.2) is 17.5 Å². The topological polar surface area (TPSA) is 64.9 Å². The van der Waals surface area contributed by atoms with E-state index in [1.54, 1.807) is 26.0 Å². The molecule has 2 unspecified atom stereocenters. The summed E-state index contributed by atoms with van der Waals surface area (Å²) >= 11 is 12.2. The number of carbonyl (C=O) groups is 1. The van der Waals surface area contributed by atoms with Gasteiger partial charge in [-0.1, -0.05) is 37.0 Å². The van der Waals surface area contributed by atoms with E-state index in [-0.39, 0.29) is 11.8 Å². The molecule has 0 aliphatic carbocycles. The highest BCUT2D eigenvalue weighted by Gasteiger charge is 2.31. The van der Waals surface area contributed by atoms with Gasteiger partial charge in [0.25, 0.3) is 0 Å². The number of benzene rings is 1. The maximum atomic E-state index is 12.3. The number of rotatable bonds is 5. The molecule has 0 radical (unpaired) electrons. The molecule has 1 aromatic rings. The van der Waals surface area contributed by atoms with Crippen LogP contribution in [0.15, 0.2) is 12.1 Å². The largest absolute Gasteiger partial charge is 0.373 e. The molecule has 0 aromatic heterocycles. The van der Waals surface area contributed by atoms with Crippen molar-refractivity contribution in [3.63, 3.8) is 0 Å². The zero-order valence-corrected chi connectivity index (χ0v) is 14.9. The van der Waals surface area contributed by atoms with E-state index in [4.69, 9.17) is 23.2 Å². The highest BCUT2D eigenvalue weighted by molar-refractivity contribution is 6.37. The van der Waals surface area contributed by atoms with E-state index in [0.717, 1.165) is 5.56 Å². The van der Waals surface area contributed by atoms with Crippen LogP contribution in [0.1, 0.15) is 33.3 Å². The highest BCUT2D eigenvalue weighted by atomic mass is 35.5. The fourth-order valence-electron chi connectivity index (χ4n) is 1.74. The number of hydrogen-bond donors (Lipinski definition) is 2. The molecule has 0 saturated heterocycles. The van der Waals surface area contributed by atoms with Crippen LogP contribution < -0.4 is 10.6 Å². The zero-order valence-electron chi connectivity index (χ0n) is 13.4. The SMILES string of the molecule is Cc1c(Cl)ccc(NC(C)C(=O)NC(C)(C#N)C(C)C)c1Cl. The van der Waals surface area contributed by atoms with Gasteiger partial charge in [-0.2, -0.15) is 5.26 Å². The van der Waals surface area contributed by atoms with Gasteiger partial charge in [0.05, 0.1) is 16.8 Å². The fourth-order valence-corrected chi connectivity index (χ4v) is 2.16. The Balaban J connectivity index is 2.86. The number of nitrogens with zero attached hydrogens (tertiary/aromatic N) is 1. The van der Waals surface area contributed by atoms with E-state index >= 15 is 0 Å². The van der Waals surface area contributed by atoms with Crippen molar-refractivity contribution in [2.75, 3.05) is 5.32 Å². The lowest BCUT2D eigenvalue weighted by molar-refractivity contribution is -0.123. The first kappa shape index (κ1) is 18.6. The summed E-state index contributed by atoms with van der Waals surface area (Å²) in [7, 11) is 0. The van der Waals surface area contributed by atoms with Crippen molar-refractivity contribution in [3.05, 3.63) is 27.7 Å². The molecule has 1 amide bonds. The Bertz CT molecular complexity index is 610. The summed E-state index contributed by atoms with van der Waals surface area (Å²) in [5.41, 5.74) is 0.478. The van der Waals surface area contributed by atoms with Gasteiger partial charge >= 0.3 is 0 Å². The second-order valence-corrected chi connectivity index (χ2v) is 6.64.